The highest BCUT2D eigenvalue weighted by Gasteiger charge is 2.11. The van der Waals surface area contributed by atoms with Gasteiger partial charge in [-0.3, -0.25) is 9.78 Å². The lowest BCUT2D eigenvalue weighted by Crippen LogP contribution is -2.30. The summed E-state index contributed by atoms with van der Waals surface area (Å²) in [6.07, 6.45) is 1.50. The number of aromatic nitrogens is 1. The number of amides is 1. The van der Waals surface area contributed by atoms with Gasteiger partial charge >= 0.3 is 0 Å². The number of carbonyl (C=O) groups excluding carboxylic acids is 1. The first-order valence-corrected chi connectivity index (χ1v) is 5.53. The lowest BCUT2D eigenvalue weighted by atomic mass is 10.1. The Hall–Kier alpha value is -1.62. The van der Waals surface area contributed by atoms with E-state index in [4.69, 9.17) is 10.5 Å². The second-order valence-corrected chi connectivity index (χ2v) is 4.18. The molecule has 1 amide bonds. The molecule has 1 atom stereocenters. The minimum absolute atomic E-state index is 0.196. The topological polar surface area (TPSA) is 77.2 Å². The van der Waals surface area contributed by atoms with Gasteiger partial charge in [-0.15, -0.1) is 0 Å². The van der Waals surface area contributed by atoms with Crippen LogP contribution in [-0.4, -0.2) is 31.2 Å². The molecule has 3 N–H and O–H groups in total. The standard InChI is InChI=1S/C12H19N3O2/c1-8(7-17-3)5-15-12(16)10-6-14-9(2)4-11(10)13/h4,6,8H,5,7H2,1-3H3,(H2,13,14)(H,15,16). The fraction of sp³-hybridized carbons (Fsp3) is 0.500. The summed E-state index contributed by atoms with van der Waals surface area (Å²) in [6, 6.07) is 1.69. The van der Waals surface area contributed by atoms with Crippen molar-refractivity contribution in [3.63, 3.8) is 0 Å². The number of nitrogens with one attached hydrogen (secondary N) is 1. The number of aryl methyl sites for hydroxylation is 1. The Kier molecular flexibility index (Phi) is 4.90. The minimum Gasteiger partial charge on any atom is -0.398 e. The maximum Gasteiger partial charge on any atom is 0.254 e. The molecule has 0 aliphatic heterocycles. The van der Waals surface area contributed by atoms with Crippen LogP contribution in [0.3, 0.4) is 0 Å². The second-order valence-electron chi connectivity index (χ2n) is 4.18. The van der Waals surface area contributed by atoms with Gasteiger partial charge in [0.15, 0.2) is 0 Å². The molecule has 1 heterocycles. The van der Waals surface area contributed by atoms with Crippen LogP contribution >= 0.6 is 0 Å². The normalized spacial score (nSPS) is 12.2. The zero-order valence-electron chi connectivity index (χ0n) is 10.5. The summed E-state index contributed by atoms with van der Waals surface area (Å²) in [5.41, 5.74) is 7.43. The van der Waals surface area contributed by atoms with E-state index in [2.05, 4.69) is 10.3 Å². The van der Waals surface area contributed by atoms with Crippen molar-refractivity contribution in [1.82, 2.24) is 10.3 Å². The molecular weight excluding hydrogens is 218 g/mol. The quantitative estimate of drug-likeness (QED) is 0.800. The highest BCUT2D eigenvalue weighted by Crippen LogP contribution is 2.11. The van der Waals surface area contributed by atoms with Crippen molar-refractivity contribution in [2.75, 3.05) is 26.0 Å². The zero-order chi connectivity index (χ0) is 12.8. The third kappa shape index (κ3) is 4.03. The third-order valence-electron chi connectivity index (χ3n) is 2.38. The summed E-state index contributed by atoms with van der Waals surface area (Å²) in [5.74, 6) is 0.0709. The summed E-state index contributed by atoms with van der Waals surface area (Å²) in [4.78, 5) is 15.9. The lowest BCUT2D eigenvalue weighted by molar-refractivity contribution is 0.0934. The molecule has 1 aromatic rings. The van der Waals surface area contributed by atoms with Gasteiger partial charge in [-0.2, -0.15) is 0 Å². The molecule has 94 valence electrons. The van der Waals surface area contributed by atoms with E-state index in [-0.39, 0.29) is 11.8 Å². The smallest absolute Gasteiger partial charge is 0.254 e. The first-order chi connectivity index (χ1) is 8.04. The van der Waals surface area contributed by atoms with Crippen LogP contribution < -0.4 is 11.1 Å². The van der Waals surface area contributed by atoms with Gasteiger partial charge in [0.2, 0.25) is 0 Å². The average Bonchev–Trinajstić information content (AvgIpc) is 2.26. The fourth-order valence-corrected chi connectivity index (χ4v) is 1.48. The molecule has 0 fully saturated rings. The number of rotatable bonds is 5. The van der Waals surface area contributed by atoms with Crippen LogP contribution in [0.25, 0.3) is 0 Å². The number of pyridine rings is 1. The van der Waals surface area contributed by atoms with Crippen LogP contribution in [0.5, 0.6) is 0 Å². The maximum atomic E-state index is 11.8. The number of ether oxygens (including phenoxy) is 1. The van der Waals surface area contributed by atoms with E-state index in [9.17, 15) is 4.79 Å². The highest BCUT2D eigenvalue weighted by molar-refractivity contribution is 5.98. The predicted octanol–water partition coefficient (Wildman–Crippen LogP) is 0.985. The molecular formula is C12H19N3O2. The van der Waals surface area contributed by atoms with Crippen molar-refractivity contribution >= 4 is 11.6 Å². The molecule has 5 heteroatoms. The number of nitrogens with zero attached hydrogens (tertiary/aromatic N) is 1. The number of nitrogens with two attached hydrogens (primary N) is 1. The molecule has 17 heavy (non-hydrogen) atoms. The Morgan fingerprint density at radius 2 is 2.35 bits per heavy atom. The van der Waals surface area contributed by atoms with E-state index in [1.165, 1.54) is 6.20 Å². The first-order valence-electron chi connectivity index (χ1n) is 5.53. The van der Waals surface area contributed by atoms with Crippen LogP contribution in [0.1, 0.15) is 23.0 Å². The zero-order valence-corrected chi connectivity index (χ0v) is 10.5. The van der Waals surface area contributed by atoms with Gasteiger partial charge in [0.25, 0.3) is 5.91 Å². The Morgan fingerprint density at radius 1 is 1.65 bits per heavy atom. The van der Waals surface area contributed by atoms with E-state index >= 15 is 0 Å². The third-order valence-corrected chi connectivity index (χ3v) is 2.38. The largest absolute Gasteiger partial charge is 0.398 e. The molecule has 5 nitrogen and oxygen atoms in total. The molecule has 1 rings (SSSR count). The highest BCUT2D eigenvalue weighted by atomic mass is 16.5. The number of methoxy groups -OCH3 is 1. The van der Waals surface area contributed by atoms with Crippen molar-refractivity contribution < 1.29 is 9.53 Å². The Bertz CT molecular complexity index is 393. The van der Waals surface area contributed by atoms with Crippen molar-refractivity contribution in [3.05, 3.63) is 23.5 Å². The molecule has 1 unspecified atom stereocenters. The van der Waals surface area contributed by atoms with Crippen molar-refractivity contribution in [2.24, 2.45) is 5.92 Å². The molecule has 0 radical (unpaired) electrons. The number of hydrogen-bond acceptors (Lipinski definition) is 4. The van der Waals surface area contributed by atoms with Crippen LogP contribution in [-0.2, 0) is 4.74 Å². The van der Waals surface area contributed by atoms with Crippen molar-refractivity contribution in [1.29, 1.82) is 0 Å². The van der Waals surface area contributed by atoms with Crippen molar-refractivity contribution in [3.8, 4) is 0 Å². The number of hydrogen-bond donors (Lipinski definition) is 2. The summed E-state index contributed by atoms with van der Waals surface area (Å²) in [6.45, 7) is 5.00. The second kappa shape index (κ2) is 6.20. The Morgan fingerprint density at radius 3 is 2.94 bits per heavy atom. The van der Waals surface area contributed by atoms with Gasteiger partial charge in [0, 0.05) is 31.2 Å². The Labute approximate surface area is 101 Å². The van der Waals surface area contributed by atoms with Crippen LogP contribution in [0.2, 0.25) is 0 Å². The summed E-state index contributed by atoms with van der Waals surface area (Å²) in [7, 11) is 1.64. The van der Waals surface area contributed by atoms with Crippen LogP contribution in [0.15, 0.2) is 12.3 Å². The fourth-order valence-electron chi connectivity index (χ4n) is 1.48. The van der Waals surface area contributed by atoms with Gasteiger partial charge in [0.1, 0.15) is 0 Å². The van der Waals surface area contributed by atoms with E-state index in [0.717, 1.165) is 5.69 Å². The van der Waals surface area contributed by atoms with E-state index in [1.54, 1.807) is 13.2 Å². The molecule has 1 aromatic heterocycles. The number of anilines is 1. The number of carbonyl (C=O) groups is 1. The van der Waals surface area contributed by atoms with Gasteiger partial charge in [-0.05, 0) is 18.9 Å². The van der Waals surface area contributed by atoms with Gasteiger partial charge in [-0.1, -0.05) is 6.92 Å². The summed E-state index contributed by atoms with van der Waals surface area (Å²) < 4.78 is 4.99. The summed E-state index contributed by atoms with van der Waals surface area (Å²) in [5, 5.41) is 2.80. The molecule has 0 saturated heterocycles. The number of nitrogen functional groups attached to an aromatic ring is 1. The van der Waals surface area contributed by atoms with Gasteiger partial charge in [-0.25, -0.2) is 0 Å². The van der Waals surface area contributed by atoms with E-state index in [1.807, 2.05) is 13.8 Å². The van der Waals surface area contributed by atoms with E-state index < -0.39 is 0 Å². The lowest BCUT2D eigenvalue weighted by Gasteiger charge is -2.12. The first kappa shape index (κ1) is 13.4. The molecule has 0 aliphatic carbocycles. The summed E-state index contributed by atoms with van der Waals surface area (Å²) >= 11 is 0. The maximum absolute atomic E-state index is 11.8. The van der Waals surface area contributed by atoms with E-state index in [0.29, 0.717) is 24.4 Å². The SMILES string of the molecule is COCC(C)CNC(=O)c1cnc(C)cc1N. The molecule has 0 aliphatic rings. The van der Waals surface area contributed by atoms with Gasteiger partial charge in [0.05, 0.1) is 12.2 Å². The molecule has 0 aromatic carbocycles. The van der Waals surface area contributed by atoms with Crippen molar-refractivity contribution in [2.45, 2.75) is 13.8 Å². The predicted molar refractivity (Wildman–Crippen MR) is 66.8 cm³/mol. The Balaban J connectivity index is 2.58. The average molecular weight is 237 g/mol. The minimum atomic E-state index is -0.196. The monoisotopic (exact) mass is 237 g/mol. The van der Waals surface area contributed by atoms with Gasteiger partial charge < -0.3 is 15.8 Å². The molecule has 0 bridgehead atoms. The van der Waals surface area contributed by atoms with Crippen LogP contribution in [0, 0.1) is 12.8 Å². The molecule has 0 saturated carbocycles. The van der Waals surface area contributed by atoms with Crippen LogP contribution in [0.4, 0.5) is 5.69 Å². The molecule has 0 spiro atoms.